The van der Waals surface area contributed by atoms with E-state index in [2.05, 4.69) is 92.9 Å². The summed E-state index contributed by atoms with van der Waals surface area (Å²) in [6, 6.07) is 16.0. The number of H-pyrrole nitrogens is 2. The van der Waals surface area contributed by atoms with Crippen LogP contribution in [-0.2, 0) is 9.59 Å². The van der Waals surface area contributed by atoms with E-state index in [-0.39, 0.29) is 85.8 Å². The molecule has 12 heteroatoms. The summed E-state index contributed by atoms with van der Waals surface area (Å²) in [6.07, 6.45) is 3.23. The van der Waals surface area contributed by atoms with Gasteiger partial charge in [-0.05, 0) is 70.6 Å². The van der Waals surface area contributed by atoms with Crippen LogP contribution in [0.5, 0.6) is 0 Å². The van der Waals surface area contributed by atoms with Crippen LogP contribution in [0.1, 0.15) is 153 Å². The Kier molecular flexibility index (Phi) is 12.4. The number of hydrogen-bond acceptors (Lipinski definition) is 4. The van der Waals surface area contributed by atoms with Crippen molar-refractivity contribution in [1.29, 1.82) is 0 Å². The number of halogens is 4. The molecule has 314 valence electrons. The Bertz CT molecular complexity index is 1860. The summed E-state index contributed by atoms with van der Waals surface area (Å²) in [5.41, 5.74) is 5.23. The number of carbonyl (C=O) groups is 2. The lowest BCUT2D eigenvalue weighted by Gasteiger charge is -2.33. The third-order valence-electron chi connectivity index (χ3n) is 12.5. The Balaban J connectivity index is 1.08. The van der Waals surface area contributed by atoms with E-state index in [9.17, 15) is 27.2 Å². The van der Waals surface area contributed by atoms with E-state index in [1.165, 1.54) is 11.1 Å². The summed E-state index contributed by atoms with van der Waals surface area (Å²) in [6.45, 7) is 16.6. The lowest BCUT2D eigenvalue weighted by molar-refractivity contribution is -0.131. The molecule has 2 amide bonds. The van der Waals surface area contributed by atoms with Crippen molar-refractivity contribution in [2.45, 2.75) is 143 Å². The molecule has 2 heterocycles. The molecule has 4 aromatic rings. The van der Waals surface area contributed by atoms with Gasteiger partial charge in [0.05, 0.1) is 35.9 Å². The number of benzene rings is 2. The fourth-order valence-electron chi connectivity index (χ4n) is 8.28. The van der Waals surface area contributed by atoms with Crippen molar-refractivity contribution in [3.8, 4) is 22.5 Å². The van der Waals surface area contributed by atoms with Gasteiger partial charge in [-0.25, -0.2) is 27.5 Å². The maximum Gasteiger partial charge on any atom is 0.248 e. The lowest BCUT2D eigenvalue weighted by atomic mass is 9.83. The van der Waals surface area contributed by atoms with Gasteiger partial charge in [0.2, 0.25) is 23.7 Å². The topological polar surface area (TPSA) is 116 Å². The van der Waals surface area contributed by atoms with Crippen molar-refractivity contribution in [1.82, 2.24) is 30.6 Å². The predicted octanol–water partition coefficient (Wildman–Crippen LogP) is 11.4. The van der Waals surface area contributed by atoms with Crippen LogP contribution in [0, 0.1) is 22.7 Å². The maximum atomic E-state index is 13.7. The summed E-state index contributed by atoms with van der Waals surface area (Å²) in [5.74, 6) is -4.95. The molecule has 2 aromatic carbocycles. The van der Waals surface area contributed by atoms with Crippen molar-refractivity contribution in [3.05, 3.63) is 83.7 Å². The summed E-state index contributed by atoms with van der Waals surface area (Å²) in [7, 11) is 0. The maximum absolute atomic E-state index is 13.7. The molecule has 0 unspecified atom stereocenters. The Hall–Kier alpha value is -4.48. The zero-order valence-electron chi connectivity index (χ0n) is 35.1. The molecular weight excluding hydrogens is 745 g/mol. The van der Waals surface area contributed by atoms with Crippen molar-refractivity contribution in [3.63, 3.8) is 0 Å². The Morgan fingerprint density at radius 3 is 1.21 bits per heavy atom. The van der Waals surface area contributed by atoms with E-state index >= 15 is 0 Å². The van der Waals surface area contributed by atoms with E-state index in [0.717, 1.165) is 22.5 Å². The van der Waals surface area contributed by atoms with Gasteiger partial charge in [-0.3, -0.25) is 9.59 Å². The highest BCUT2D eigenvalue weighted by Gasteiger charge is 2.41. The van der Waals surface area contributed by atoms with Gasteiger partial charge in [-0.2, -0.15) is 0 Å². The molecule has 2 saturated carbocycles. The average molecular weight is 805 g/mol. The molecule has 2 aliphatic carbocycles. The highest BCUT2D eigenvalue weighted by Crippen LogP contribution is 2.40. The fourth-order valence-corrected chi connectivity index (χ4v) is 8.28. The van der Waals surface area contributed by atoms with Crippen LogP contribution >= 0.6 is 0 Å². The molecule has 4 atom stereocenters. The van der Waals surface area contributed by atoms with Crippen LogP contribution < -0.4 is 10.6 Å². The second kappa shape index (κ2) is 16.6. The molecule has 6 rings (SSSR count). The normalized spacial score (nSPS) is 19.9. The third kappa shape index (κ3) is 10.2. The minimum Gasteiger partial charge on any atom is -0.345 e. The summed E-state index contributed by atoms with van der Waals surface area (Å²) < 4.78 is 54.9. The van der Waals surface area contributed by atoms with Crippen LogP contribution in [0.2, 0.25) is 0 Å². The van der Waals surface area contributed by atoms with Gasteiger partial charge in [0.1, 0.15) is 11.6 Å². The standard InChI is InChI=1S/C46H60F4N6O2/c1-27(29-9-13-31(14-10-29)35-25-51-39(53-35)37(43(3,4)5)55-41(57)33-17-21-45(47,48)22-18-33)28(2)30-11-15-32(16-12-30)36-26-52-40(54-36)38(44(6,7)8)56-42(58)34-19-23-46(49,50)24-20-34/h9-16,25-28,33-34,37-38H,17-24H2,1-8H3,(H,51,53)(H,52,54)(H,55,57)(H,56,58)/t27-,28-,37-,38-/m1/s1. The van der Waals surface area contributed by atoms with Gasteiger partial charge in [0.25, 0.3) is 0 Å². The summed E-state index contributed by atoms with van der Waals surface area (Å²) >= 11 is 0. The van der Waals surface area contributed by atoms with Crippen LogP contribution in [-0.4, -0.2) is 43.6 Å². The quantitative estimate of drug-likeness (QED) is 0.113. The van der Waals surface area contributed by atoms with Gasteiger partial charge in [-0.1, -0.05) is 104 Å². The largest absolute Gasteiger partial charge is 0.345 e. The van der Waals surface area contributed by atoms with Gasteiger partial charge in [-0.15, -0.1) is 0 Å². The zero-order valence-corrected chi connectivity index (χ0v) is 35.1. The number of imidazole rings is 2. The Morgan fingerprint density at radius 1 is 0.603 bits per heavy atom. The van der Waals surface area contributed by atoms with E-state index in [0.29, 0.717) is 11.6 Å². The number of rotatable bonds is 11. The minimum atomic E-state index is -2.69. The predicted molar refractivity (Wildman–Crippen MR) is 219 cm³/mol. The fraction of sp³-hybridized carbons (Fsp3) is 0.565. The number of alkyl halides is 4. The molecule has 0 spiro atoms. The van der Waals surface area contributed by atoms with Crippen molar-refractivity contribution < 1.29 is 27.2 Å². The molecule has 2 fully saturated rings. The summed E-state index contributed by atoms with van der Waals surface area (Å²) in [5, 5.41) is 6.23. The first-order valence-corrected chi connectivity index (χ1v) is 20.8. The van der Waals surface area contributed by atoms with Crippen molar-refractivity contribution >= 4 is 11.8 Å². The number of amides is 2. The minimum absolute atomic E-state index is 0.180. The number of aromatic amines is 2. The molecule has 4 N–H and O–H groups in total. The lowest BCUT2D eigenvalue weighted by Crippen LogP contribution is -2.42. The Morgan fingerprint density at radius 2 is 0.914 bits per heavy atom. The molecule has 2 aliphatic rings. The molecule has 0 aliphatic heterocycles. The molecule has 0 bridgehead atoms. The number of carbonyl (C=O) groups excluding carboxylic acids is 2. The highest BCUT2D eigenvalue weighted by molar-refractivity contribution is 5.80. The molecular formula is C46H60F4N6O2. The van der Waals surface area contributed by atoms with Crippen LogP contribution in [0.3, 0.4) is 0 Å². The van der Waals surface area contributed by atoms with Gasteiger partial charge in [0.15, 0.2) is 0 Å². The molecule has 0 saturated heterocycles. The molecule has 2 aromatic heterocycles. The van der Waals surface area contributed by atoms with Gasteiger partial charge in [0, 0.05) is 37.5 Å². The second-order valence-corrected chi connectivity index (χ2v) is 19.1. The van der Waals surface area contributed by atoms with E-state index in [1.54, 1.807) is 12.4 Å². The average Bonchev–Trinajstić information content (AvgIpc) is 3.85. The SMILES string of the molecule is C[C@@H](c1ccc(-c2cnc([C@@H](NC(=O)C3CCC(F)(F)CC3)C(C)(C)C)[nH]2)cc1)[C@@H](C)c1ccc(-c2cnc([C@@H](NC(=O)C3CCC(F)(F)CC3)C(C)(C)C)[nH]2)cc1. The number of hydrogen-bond donors (Lipinski definition) is 4. The Labute approximate surface area is 340 Å². The monoisotopic (exact) mass is 804 g/mol. The van der Waals surface area contributed by atoms with E-state index in [4.69, 9.17) is 0 Å². The van der Waals surface area contributed by atoms with E-state index < -0.39 is 35.8 Å². The molecule has 58 heavy (non-hydrogen) atoms. The van der Waals surface area contributed by atoms with Crippen LogP contribution in [0.25, 0.3) is 22.5 Å². The van der Waals surface area contributed by atoms with Gasteiger partial charge < -0.3 is 20.6 Å². The molecule has 8 nitrogen and oxygen atoms in total. The second-order valence-electron chi connectivity index (χ2n) is 19.1. The smallest absolute Gasteiger partial charge is 0.248 e. The van der Waals surface area contributed by atoms with Crippen molar-refractivity contribution in [2.75, 3.05) is 0 Å². The van der Waals surface area contributed by atoms with Gasteiger partial charge >= 0.3 is 0 Å². The highest BCUT2D eigenvalue weighted by atomic mass is 19.3. The summed E-state index contributed by atoms with van der Waals surface area (Å²) in [4.78, 5) is 42.5. The molecule has 0 radical (unpaired) electrons. The van der Waals surface area contributed by atoms with Crippen LogP contribution in [0.15, 0.2) is 60.9 Å². The van der Waals surface area contributed by atoms with Crippen LogP contribution in [0.4, 0.5) is 17.6 Å². The first kappa shape index (κ1) is 43.1. The first-order chi connectivity index (χ1) is 27.1. The van der Waals surface area contributed by atoms with E-state index in [1.807, 2.05) is 41.5 Å². The third-order valence-corrected chi connectivity index (χ3v) is 12.5. The van der Waals surface area contributed by atoms with Crippen molar-refractivity contribution in [2.24, 2.45) is 22.7 Å². The number of aromatic nitrogens is 4. The number of nitrogens with zero attached hydrogens (tertiary/aromatic N) is 2. The number of nitrogens with one attached hydrogen (secondary N) is 4. The zero-order chi connectivity index (χ0) is 42.2. The first-order valence-electron chi connectivity index (χ1n) is 20.8.